The highest BCUT2D eigenvalue weighted by atomic mass is 32.2. The SMILES string of the molecule is Cc1ccc(C)c(S(=O)(=O)Nc2cccc(F)c2)c1. The summed E-state index contributed by atoms with van der Waals surface area (Å²) in [5.74, 6) is -0.485. The van der Waals surface area contributed by atoms with Crippen LogP contribution in [0.2, 0.25) is 0 Å². The van der Waals surface area contributed by atoms with Gasteiger partial charge in [-0.25, -0.2) is 12.8 Å². The number of hydrogen-bond acceptors (Lipinski definition) is 2. The first-order chi connectivity index (χ1) is 8.88. The molecule has 0 unspecified atom stereocenters. The van der Waals surface area contributed by atoms with Crippen molar-refractivity contribution < 1.29 is 12.8 Å². The van der Waals surface area contributed by atoms with Gasteiger partial charge in [-0.2, -0.15) is 0 Å². The van der Waals surface area contributed by atoms with Crippen molar-refractivity contribution in [3.63, 3.8) is 0 Å². The molecule has 0 heterocycles. The van der Waals surface area contributed by atoms with Gasteiger partial charge in [0, 0.05) is 0 Å². The Bertz CT molecular complexity index is 711. The molecule has 0 atom stereocenters. The number of hydrogen-bond donors (Lipinski definition) is 1. The minimum atomic E-state index is -3.70. The zero-order valence-corrected chi connectivity index (χ0v) is 11.5. The standard InChI is InChI=1S/C14H14FNO2S/c1-10-6-7-11(2)14(8-10)19(17,18)16-13-5-3-4-12(15)9-13/h3-9,16H,1-2H3. The Labute approximate surface area is 112 Å². The van der Waals surface area contributed by atoms with Crippen LogP contribution >= 0.6 is 0 Å². The summed E-state index contributed by atoms with van der Waals surface area (Å²) in [7, 11) is -3.70. The van der Waals surface area contributed by atoms with Crippen LogP contribution in [0.15, 0.2) is 47.4 Å². The molecule has 0 radical (unpaired) electrons. The number of aryl methyl sites for hydroxylation is 2. The average molecular weight is 279 g/mol. The van der Waals surface area contributed by atoms with Gasteiger partial charge in [-0.15, -0.1) is 0 Å². The Morgan fingerprint density at radius 1 is 1.05 bits per heavy atom. The van der Waals surface area contributed by atoms with Crippen LogP contribution in [-0.2, 0) is 10.0 Å². The van der Waals surface area contributed by atoms with Gasteiger partial charge in [0.15, 0.2) is 0 Å². The number of rotatable bonds is 3. The second kappa shape index (κ2) is 5.01. The van der Waals surface area contributed by atoms with Gasteiger partial charge in [0.2, 0.25) is 0 Å². The first-order valence-corrected chi connectivity index (χ1v) is 7.22. The summed E-state index contributed by atoms with van der Waals surface area (Å²) < 4.78 is 39.9. The van der Waals surface area contributed by atoms with Gasteiger partial charge in [-0.3, -0.25) is 4.72 Å². The molecular formula is C14H14FNO2S. The number of benzene rings is 2. The van der Waals surface area contributed by atoms with E-state index < -0.39 is 15.8 Å². The average Bonchev–Trinajstić information content (AvgIpc) is 2.31. The summed E-state index contributed by atoms with van der Waals surface area (Å²) in [6.07, 6.45) is 0. The summed E-state index contributed by atoms with van der Waals surface area (Å²) >= 11 is 0. The first-order valence-electron chi connectivity index (χ1n) is 5.74. The van der Waals surface area contributed by atoms with Crippen LogP contribution in [0.5, 0.6) is 0 Å². The maximum absolute atomic E-state index is 13.1. The highest BCUT2D eigenvalue weighted by molar-refractivity contribution is 7.92. The molecular weight excluding hydrogens is 265 g/mol. The van der Waals surface area contributed by atoms with Crippen molar-refractivity contribution in [2.24, 2.45) is 0 Å². The largest absolute Gasteiger partial charge is 0.280 e. The fraction of sp³-hybridized carbons (Fsp3) is 0.143. The molecule has 2 aromatic carbocycles. The predicted octanol–water partition coefficient (Wildman–Crippen LogP) is 3.24. The normalized spacial score (nSPS) is 11.3. The van der Waals surface area contributed by atoms with E-state index in [1.807, 2.05) is 13.0 Å². The molecule has 0 aliphatic heterocycles. The highest BCUT2D eigenvalue weighted by Crippen LogP contribution is 2.20. The molecule has 0 spiro atoms. The molecule has 0 aliphatic carbocycles. The lowest BCUT2D eigenvalue weighted by Gasteiger charge is -2.11. The van der Waals surface area contributed by atoms with E-state index in [4.69, 9.17) is 0 Å². The van der Waals surface area contributed by atoms with E-state index in [0.717, 1.165) is 11.6 Å². The molecule has 0 aliphatic rings. The molecule has 2 rings (SSSR count). The van der Waals surface area contributed by atoms with Crippen molar-refractivity contribution in [1.82, 2.24) is 0 Å². The lowest BCUT2D eigenvalue weighted by atomic mass is 10.2. The minimum Gasteiger partial charge on any atom is -0.280 e. The van der Waals surface area contributed by atoms with Gasteiger partial charge in [0.1, 0.15) is 5.82 Å². The lowest BCUT2D eigenvalue weighted by molar-refractivity contribution is 0.600. The van der Waals surface area contributed by atoms with E-state index in [-0.39, 0.29) is 10.6 Å². The van der Waals surface area contributed by atoms with Crippen molar-refractivity contribution in [3.05, 3.63) is 59.4 Å². The van der Waals surface area contributed by atoms with Crippen LogP contribution in [-0.4, -0.2) is 8.42 Å². The third kappa shape index (κ3) is 3.12. The van der Waals surface area contributed by atoms with Crippen LogP contribution in [0.1, 0.15) is 11.1 Å². The van der Waals surface area contributed by atoms with Crippen LogP contribution in [0, 0.1) is 19.7 Å². The zero-order chi connectivity index (χ0) is 14.0. The minimum absolute atomic E-state index is 0.205. The smallest absolute Gasteiger partial charge is 0.262 e. The van der Waals surface area contributed by atoms with Crippen molar-refractivity contribution >= 4 is 15.7 Å². The van der Waals surface area contributed by atoms with Crippen molar-refractivity contribution in [1.29, 1.82) is 0 Å². The third-order valence-corrected chi connectivity index (χ3v) is 4.23. The molecule has 1 N–H and O–H groups in total. The fourth-order valence-corrected chi connectivity index (χ4v) is 3.14. The van der Waals surface area contributed by atoms with Crippen molar-refractivity contribution in [3.8, 4) is 0 Å². The first kappa shape index (κ1) is 13.5. The molecule has 0 aromatic heterocycles. The number of anilines is 1. The summed E-state index contributed by atoms with van der Waals surface area (Å²) in [5.41, 5.74) is 1.71. The molecule has 100 valence electrons. The Morgan fingerprint density at radius 3 is 2.47 bits per heavy atom. The number of sulfonamides is 1. The molecule has 3 nitrogen and oxygen atoms in total. The van der Waals surface area contributed by atoms with Gasteiger partial charge < -0.3 is 0 Å². The van der Waals surface area contributed by atoms with E-state index >= 15 is 0 Å². The Morgan fingerprint density at radius 2 is 1.79 bits per heavy atom. The molecule has 0 amide bonds. The quantitative estimate of drug-likeness (QED) is 0.937. The highest BCUT2D eigenvalue weighted by Gasteiger charge is 2.17. The molecule has 0 saturated carbocycles. The molecule has 5 heteroatoms. The molecule has 19 heavy (non-hydrogen) atoms. The van der Waals surface area contributed by atoms with Crippen LogP contribution < -0.4 is 4.72 Å². The Kier molecular flexibility index (Phi) is 3.57. The second-order valence-electron chi connectivity index (χ2n) is 4.38. The van der Waals surface area contributed by atoms with Crippen LogP contribution in [0.3, 0.4) is 0 Å². The lowest BCUT2D eigenvalue weighted by Crippen LogP contribution is -2.14. The van der Waals surface area contributed by atoms with Gasteiger partial charge in [-0.1, -0.05) is 18.2 Å². The van der Waals surface area contributed by atoms with E-state index in [0.29, 0.717) is 5.56 Å². The molecule has 0 saturated heterocycles. The molecule has 2 aromatic rings. The molecule has 0 fully saturated rings. The zero-order valence-electron chi connectivity index (χ0n) is 10.6. The second-order valence-corrected chi connectivity index (χ2v) is 6.04. The topological polar surface area (TPSA) is 46.2 Å². The Hall–Kier alpha value is -1.88. The summed E-state index contributed by atoms with van der Waals surface area (Å²) in [6, 6.07) is 10.5. The van der Waals surface area contributed by atoms with E-state index in [2.05, 4.69) is 4.72 Å². The van der Waals surface area contributed by atoms with Gasteiger partial charge in [0.05, 0.1) is 10.6 Å². The molecule has 0 bridgehead atoms. The summed E-state index contributed by atoms with van der Waals surface area (Å²) in [5, 5.41) is 0. The monoisotopic (exact) mass is 279 g/mol. The number of halogens is 1. The third-order valence-electron chi connectivity index (χ3n) is 2.71. The van der Waals surface area contributed by atoms with Crippen LogP contribution in [0.25, 0.3) is 0 Å². The van der Waals surface area contributed by atoms with Gasteiger partial charge >= 0.3 is 0 Å². The van der Waals surface area contributed by atoms with Gasteiger partial charge in [-0.05, 0) is 49.2 Å². The Balaban J connectivity index is 2.40. The summed E-state index contributed by atoms with van der Waals surface area (Å²) in [6.45, 7) is 3.54. The maximum Gasteiger partial charge on any atom is 0.262 e. The van der Waals surface area contributed by atoms with E-state index in [9.17, 15) is 12.8 Å². The van der Waals surface area contributed by atoms with Gasteiger partial charge in [0.25, 0.3) is 10.0 Å². The maximum atomic E-state index is 13.1. The summed E-state index contributed by atoms with van der Waals surface area (Å²) in [4.78, 5) is 0.205. The predicted molar refractivity (Wildman–Crippen MR) is 73.1 cm³/mol. The van der Waals surface area contributed by atoms with Crippen LogP contribution in [0.4, 0.5) is 10.1 Å². The fourth-order valence-electron chi connectivity index (χ4n) is 1.76. The van der Waals surface area contributed by atoms with E-state index in [1.165, 1.54) is 18.2 Å². The van der Waals surface area contributed by atoms with Crippen molar-refractivity contribution in [2.45, 2.75) is 18.7 Å². The number of nitrogens with one attached hydrogen (secondary N) is 1. The van der Waals surface area contributed by atoms with E-state index in [1.54, 1.807) is 19.1 Å². The van der Waals surface area contributed by atoms with Crippen molar-refractivity contribution in [2.75, 3.05) is 4.72 Å².